The van der Waals surface area contributed by atoms with Crippen LogP contribution in [0.4, 0.5) is 0 Å². The number of rotatable bonds is 1. The summed E-state index contributed by atoms with van der Waals surface area (Å²) in [4.78, 5) is 10.6. The number of carbonyl (C=O) groups excluding carboxylic acids is 1. The lowest BCUT2D eigenvalue weighted by molar-refractivity contribution is -0.114. The van der Waals surface area contributed by atoms with Gasteiger partial charge in [0, 0.05) is 5.70 Å². The molecule has 0 aliphatic heterocycles. The average Bonchev–Trinajstić information content (AvgIpc) is 1.88. The number of hydrogen-bond acceptors (Lipinski definition) is 3. The van der Waals surface area contributed by atoms with Crippen LogP contribution in [0.25, 0.3) is 0 Å². The van der Waals surface area contributed by atoms with Crippen LogP contribution in [0.5, 0.6) is 0 Å². The van der Waals surface area contributed by atoms with Crippen molar-refractivity contribution < 1.29 is 4.79 Å². The van der Waals surface area contributed by atoms with E-state index in [-0.39, 0.29) is 5.78 Å². The normalized spacial score (nSPS) is 17.4. The highest BCUT2D eigenvalue weighted by atomic mass is 16.1. The summed E-state index contributed by atoms with van der Waals surface area (Å²) >= 11 is 0. The first-order valence-corrected chi connectivity index (χ1v) is 2.69. The SMILES string of the molecule is NNC1=CC=CC(=O)C1. The van der Waals surface area contributed by atoms with E-state index < -0.39 is 0 Å². The van der Waals surface area contributed by atoms with Gasteiger partial charge in [-0.05, 0) is 12.2 Å². The maximum absolute atomic E-state index is 10.6. The van der Waals surface area contributed by atoms with Gasteiger partial charge in [0.05, 0.1) is 6.42 Å². The fourth-order valence-corrected chi connectivity index (χ4v) is 0.676. The van der Waals surface area contributed by atoms with E-state index in [4.69, 9.17) is 5.84 Å². The van der Waals surface area contributed by atoms with Gasteiger partial charge in [-0.2, -0.15) is 0 Å². The topological polar surface area (TPSA) is 55.1 Å². The molecule has 0 aromatic carbocycles. The van der Waals surface area contributed by atoms with Crippen LogP contribution in [0.1, 0.15) is 6.42 Å². The molecule has 0 bridgehead atoms. The lowest BCUT2D eigenvalue weighted by Gasteiger charge is -2.04. The molecule has 0 aromatic heterocycles. The molecule has 1 aliphatic rings. The fourth-order valence-electron chi connectivity index (χ4n) is 0.676. The summed E-state index contributed by atoms with van der Waals surface area (Å²) < 4.78 is 0. The number of hydrogen-bond donors (Lipinski definition) is 2. The molecule has 9 heavy (non-hydrogen) atoms. The summed E-state index contributed by atoms with van der Waals surface area (Å²) in [5.41, 5.74) is 3.19. The summed E-state index contributed by atoms with van der Waals surface area (Å²) in [7, 11) is 0. The van der Waals surface area contributed by atoms with Crippen molar-refractivity contribution in [2.45, 2.75) is 6.42 Å². The Morgan fingerprint density at radius 2 is 2.44 bits per heavy atom. The first-order chi connectivity index (χ1) is 4.33. The highest BCUT2D eigenvalue weighted by molar-refractivity contribution is 5.92. The van der Waals surface area contributed by atoms with Crippen molar-refractivity contribution >= 4 is 5.78 Å². The summed E-state index contributed by atoms with van der Waals surface area (Å²) in [6.07, 6.45) is 5.39. The average molecular weight is 124 g/mol. The first-order valence-electron chi connectivity index (χ1n) is 2.69. The van der Waals surface area contributed by atoms with Crippen molar-refractivity contribution in [2.75, 3.05) is 0 Å². The third-order valence-corrected chi connectivity index (χ3v) is 1.13. The van der Waals surface area contributed by atoms with Gasteiger partial charge in [-0.25, -0.2) is 0 Å². The standard InChI is InChI=1S/C6H8N2O/c7-8-5-2-1-3-6(9)4-5/h1-3,8H,4,7H2. The smallest absolute Gasteiger partial charge is 0.161 e. The van der Waals surface area contributed by atoms with Gasteiger partial charge in [0.15, 0.2) is 5.78 Å². The molecular formula is C6H8N2O. The summed E-state index contributed by atoms with van der Waals surface area (Å²) in [6, 6.07) is 0. The van der Waals surface area contributed by atoms with E-state index in [0.29, 0.717) is 6.42 Å². The van der Waals surface area contributed by atoms with Crippen molar-refractivity contribution in [3.63, 3.8) is 0 Å². The molecule has 48 valence electrons. The van der Waals surface area contributed by atoms with Crippen LogP contribution < -0.4 is 11.3 Å². The monoisotopic (exact) mass is 124 g/mol. The molecule has 0 spiro atoms. The van der Waals surface area contributed by atoms with Gasteiger partial charge in [-0.1, -0.05) is 6.08 Å². The highest BCUT2D eigenvalue weighted by Gasteiger charge is 2.03. The van der Waals surface area contributed by atoms with Crippen LogP contribution in [-0.2, 0) is 4.79 Å². The molecule has 3 nitrogen and oxygen atoms in total. The Labute approximate surface area is 53.2 Å². The Morgan fingerprint density at radius 3 is 2.89 bits per heavy atom. The quantitative estimate of drug-likeness (QED) is 0.378. The molecule has 0 saturated carbocycles. The zero-order valence-electron chi connectivity index (χ0n) is 4.92. The second kappa shape index (κ2) is 2.46. The lowest BCUT2D eigenvalue weighted by atomic mass is 10.1. The number of allylic oxidation sites excluding steroid dienone is 4. The molecule has 0 amide bonds. The van der Waals surface area contributed by atoms with E-state index in [1.165, 1.54) is 6.08 Å². The summed E-state index contributed by atoms with van der Waals surface area (Å²) in [5.74, 6) is 5.15. The molecule has 0 aromatic rings. The minimum Gasteiger partial charge on any atom is -0.328 e. The minimum atomic E-state index is 0.0884. The Bertz CT molecular complexity index is 181. The Balaban J connectivity index is 2.65. The number of carbonyl (C=O) groups is 1. The van der Waals surface area contributed by atoms with Crippen molar-refractivity contribution in [1.29, 1.82) is 0 Å². The van der Waals surface area contributed by atoms with Crippen LogP contribution in [0, 0.1) is 0 Å². The largest absolute Gasteiger partial charge is 0.328 e. The minimum absolute atomic E-state index is 0.0884. The maximum Gasteiger partial charge on any atom is 0.161 e. The van der Waals surface area contributed by atoms with Gasteiger partial charge in [0.25, 0.3) is 0 Å². The Kier molecular flexibility index (Phi) is 1.65. The van der Waals surface area contributed by atoms with Crippen LogP contribution in [0.2, 0.25) is 0 Å². The molecule has 0 unspecified atom stereocenters. The van der Waals surface area contributed by atoms with E-state index in [9.17, 15) is 4.79 Å². The van der Waals surface area contributed by atoms with Crippen LogP contribution in [0.15, 0.2) is 23.9 Å². The third kappa shape index (κ3) is 1.40. The van der Waals surface area contributed by atoms with Crippen molar-refractivity contribution in [1.82, 2.24) is 5.43 Å². The first kappa shape index (κ1) is 6.04. The van der Waals surface area contributed by atoms with Crippen molar-refractivity contribution in [2.24, 2.45) is 5.84 Å². The highest BCUT2D eigenvalue weighted by Crippen LogP contribution is 2.03. The number of ketones is 1. The summed E-state index contributed by atoms with van der Waals surface area (Å²) in [5, 5.41) is 0. The number of nitrogens with one attached hydrogen (secondary N) is 1. The number of hydrazine groups is 1. The molecular weight excluding hydrogens is 116 g/mol. The molecule has 0 atom stereocenters. The Hall–Kier alpha value is -1.09. The van der Waals surface area contributed by atoms with Crippen LogP contribution in [-0.4, -0.2) is 5.78 Å². The predicted octanol–water partition coefficient (Wildman–Crippen LogP) is -0.137. The summed E-state index contributed by atoms with van der Waals surface area (Å²) in [6.45, 7) is 0. The lowest BCUT2D eigenvalue weighted by Crippen LogP contribution is -2.23. The Morgan fingerprint density at radius 1 is 1.67 bits per heavy atom. The van der Waals surface area contributed by atoms with E-state index >= 15 is 0 Å². The van der Waals surface area contributed by atoms with Gasteiger partial charge < -0.3 is 5.43 Å². The third-order valence-electron chi connectivity index (χ3n) is 1.13. The molecule has 0 radical (unpaired) electrons. The fraction of sp³-hybridized carbons (Fsp3) is 0.167. The number of nitrogens with two attached hydrogens (primary N) is 1. The van der Waals surface area contributed by atoms with Gasteiger partial charge in [-0.3, -0.25) is 10.6 Å². The second-order valence-electron chi connectivity index (χ2n) is 1.84. The molecule has 0 heterocycles. The molecule has 3 N–H and O–H groups in total. The molecule has 1 aliphatic carbocycles. The maximum atomic E-state index is 10.6. The van der Waals surface area contributed by atoms with Gasteiger partial charge in [-0.15, -0.1) is 0 Å². The van der Waals surface area contributed by atoms with Gasteiger partial charge >= 0.3 is 0 Å². The van der Waals surface area contributed by atoms with E-state index in [1.807, 2.05) is 0 Å². The van der Waals surface area contributed by atoms with E-state index in [0.717, 1.165) is 5.70 Å². The van der Waals surface area contributed by atoms with Gasteiger partial charge in [0.1, 0.15) is 0 Å². The van der Waals surface area contributed by atoms with E-state index in [2.05, 4.69) is 5.43 Å². The van der Waals surface area contributed by atoms with Crippen molar-refractivity contribution in [3.05, 3.63) is 23.9 Å². The zero-order chi connectivity index (χ0) is 6.69. The molecule has 0 saturated heterocycles. The molecule has 3 heteroatoms. The predicted molar refractivity (Wildman–Crippen MR) is 34.2 cm³/mol. The second-order valence-corrected chi connectivity index (χ2v) is 1.84. The molecule has 1 rings (SSSR count). The molecule has 0 fully saturated rings. The van der Waals surface area contributed by atoms with Crippen LogP contribution in [0.3, 0.4) is 0 Å². The van der Waals surface area contributed by atoms with E-state index in [1.54, 1.807) is 12.2 Å². The zero-order valence-corrected chi connectivity index (χ0v) is 4.92. The van der Waals surface area contributed by atoms with Gasteiger partial charge in [0.2, 0.25) is 0 Å². The van der Waals surface area contributed by atoms with Crippen LogP contribution >= 0.6 is 0 Å². The van der Waals surface area contributed by atoms with Crippen molar-refractivity contribution in [3.8, 4) is 0 Å².